The molecule has 0 N–H and O–H groups in total. The predicted molar refractivity (Wildman–Crippen MR) is 83.7 cm³/mol. The number of alkyl halides is 1. The van der Waals surface area contributed by atoms with Gasteiger partial charge in [0.05, 0.1) is 24.7 Å². The SMILES string of the molecule is CC(=O)CCl.CC(=O)COc1ccc(Cl)cc1C1OCCO1. The lowest BCUT2D eigenvalue weighted by Crippen LogP contribution is -2.09. The van der Waals surface area contributed by atoms with Crippen LogP contribution in [-0.2, 0) is 19.1 Å². The van der Waals surface area contributed by atoms with Crippen molar-refractivity contribution >= 4 is 34.8 Å². The highest BCUT2D eigenvalue weighted by Gasteiger charge is 2.22. The van der Waals surface area contributed by atoms with E-state index < -0.39 is 6.29 Å². The Kier molecular flexibility index (Phi) is 8.42. The summed E-state index contributed by atoms with van der Waals surface area (Å²) in [5.74, 6) is 0.683. The van der Waals surface area contributed by atoms with Gasteiger partial charge in [-0.15, -0.1) is 11.6 Å². The van der Waals surface area contributed by atoms with Gasteiger partial charge in [0.25, 0.3) is 0 Å². The van der Waals surface area contributed by atoms with Gasteiger partial charge in [0.15, 0.2) is 12.1 Å². The maximum Gasteiger partial charge on any atom is 0.187 e. The van der Waals surface area contributed by atoms with Gasteiger partial charge in [0.2, 0.25) is 0 Å². The van der Waals surface area contributed by atoms with E-state index in [9.17, 15) is 9.59 Å². The van der Waals surface area contributed by atoms with Crippen LogP contribution in [0.5, 0.6) is 5.75 Å². The Balaban J connectivity index is 0.000000422. The molecule has 1 aromatic carbocycles. The molecule has 0 spiro atoms. The molecule has 1 saturated heterocycles. The molecule has 7 heteroatoms. The highest BCUT2D eigenvalue weighted by Crippen LogP contribution is 2.33. The first-order valence-electron chi connectivity index (χ1n) is 6.64. The first kappa shape index (κ1) is 18.9. The fourth-order valence-electron chi connectivity index (χ4n) is 1.55. The van der Waals surface area contributed by atoms with Gasteiger partial charge in [-0.2, -0.15) is 0 Å². The zero-order chi connectivity index (χ0) is 16.5. The summed E-state index contributed by atoms with van der Waals surface area (Å²) in [6.07, 6.45) is -0.462. The highest BCUT2D eigenvalue weighted by molar-refractivity contribution is 6.30. The Morgan fingerprint density at radius 3 is 2.32 bits per heavy atom. The third kappa shape index (κ3) is 6.75. The molecule has 1 fully saturated rings. The van der Waals surface area contributed by atoms with Gasteiger partial charge in [-0.25, -0.2) is 0 Å². The summed E-state index contributed by atoms with van der Waals surface area (Å²) in [7, 11) is 0. The smallest absolute Gasteiger partial charge is 0.187 e. The fraction of sp³-hybridized carbons (Fsp3) is 0.467. The second kappa shape index (κ2) is 9.79. The van der Waals surface area contributed by atoms with Crippen LogP contribution < -0.4 is 4.74 Å². The Labute approximate surface area is 139 Å². The number of Topliss-reactive ketones (excluding diaryl/α,β-unsaturated/α-hetero) is 2. The van der Waals surface area contributed by atoms with E-state index >= 15 is 0 Å². The number of ketones is 2. The number of ether oxygens (including phenoxy) is 3. The molecule has 0 saturated carbocycles. The molecule has 0 bridgehead atoms. The molecular weight excluding hydrogens is 331 g/mol. The van der Waals surface area contributed by atoms with Crippen LogP contribution in [0.25, 0.3) is 0 Å². The summed E-state index contributed by atoms with van der Waals surface area (Å²) in [4.78, 5) is 20.6. The molecule has 5 nitrogen and oxygen atoms in total. The fourth-order valence-corrected chi connectivity index (χ4v) is 1.73. The van der Waals surface area contributed by atoms with Crippen LogP contribution in [-0.4, -0.2) is 37.3 Å². The second-order valence-corrected chi connectivity index (χ2v) is 5.29. The van der Waals surface area contributed by atoms with Crippen molar-refractivity contribution in [2.45, 2.75) is 20.1 Å². The predicted octanol–water partition coefficient (Wildman–Crippen LogP) is 3.17. The maximum absolute atomic E-state index is 10.9. The molecule has 1 aliphatic rings. The summed E-state index contributed by atoms with van der Waals surface area (Å²) in [5.41, 5.74) is 0.719. The monoisotopic (exact) mass is 348 g/mol. The van der Waals surface area contributed by atoms with Crippen molar-refractivity contribution in [1.82, 2.24) is 0 Å². The van der Waals surface area contributed by atoms with Crippen molar-refractivity contribution in [3.63, 3.8) is 0 Å². The van der Waals surface area contributed by atoms with E-state index in [-0.39, 0.29) is 24.1 Å². The van der Waals surface area contributed by atoms with Gasteiger partial charge < -0.3 is 14.2 Å². The molecule has 0 aromatic heterocycles. The van der Waals surface area contributed by atoms with Crippen LogP contribution >= 0.6 is 23.2 Å². The average Bonchev–Trinajstić information content (AvgIpc) is 3.00. The number of carbonyl (C=O) groups is 2. The van der Waals surface area contributed by atoms with Crippen molar-refractivity contribution in [2.75, 3.05) is 25.7 Å². The largest absolute Gasteiger partial charge is 0.485 e. The third-order valence-electron chi connectivity index (χ3n) is 2.47. The van der Waals surface area contributed by atoms with Gasteiger partial charge in [-0.3, -0.25) is 9.59 Å². The average molecular weight is 349 g/mol. The first-order chi connectivity index (χ1) is 10.4. The summed E-state index contributed by atoms with van der Waals surface area (Å²) in [6, 6.07) is 5.15. The molecule has 1 aromatic rings. The van der Waals surface area contributed by atoms with Crippen molar-refractivity contribution in [2.24, 2.45) is 0 Å². The molecule has 1 heterocycles. The number of rotatable bonds is 5. The normalized spacial score (nSPS) is 14.2. The molecule has 2 rings (SSSR count). The van der Waals surface area contributed by atoms with E-state index in [4.69, 9.17) is 37.4 Å². The van der Waals surface area contributed by atoms with Crippen molar-refractivity contribution < 1.29 is 23.8 Å². The molecule has 1 aliphatic heterocycles. The van der Waals surface area contributed by atoms with E-state index in [1.807, 2.05) is 0 Å². The minimum atomic E-state index is -0.462. The summed E-state index contributed by atoms with van der Waals surface area (Å²) < 4.78 is 16.2. The molecule has 0 atom stereocenters. The molecule has 0 amide bonds. The molecule has 22 heavy (non-hydrogen) atoms. The molecule has 0 unspecified atom stereocenters. The topological polar surface area (TPSA) is 61.8 Å². The lowest BCUT2D eigenvalue weighted by atomic mass is 10.2. The van der Waals surface area contributed by atoms with Crippen molar-refractivity contribution in [3.8, 4) is 5.75 Å². The van der Waals surface area contributed by atoms with Crippen LogP contribution in [0.15, 0.2) is 18.2 Å². The number of hydrogen-bond acceptors (Lipinski definition) is 5. The maximum atomic E-state index is 10.9. The van der Waals surface area contributed by atoms with Gasteiger partial charge in [-0.05, 0) is 32.0 Å². The minimum absolute atomic E-state index is 0.0201. The van der Waals surface area contributed by atoms with Crippen LogP contribution in [0.2, 0.25) is 5.02 Å². The van der Waals surface area contributed by atoms with Gasteiger partial charge in [0, 0.05) is 5.02 Å². The zero-order valence-corrected chi connectivity index (χ0v) is 13.9. The van der Waals surface area contributed by atoms with Crippen molar-refractivity contribution in [3.05, 3.63) is 28.8 Å². The number of benzene rings is 1. The summed E-state index contributed by atoms with van der Waals surface area (Å²) in [5, 5.41) is 0.578. The van der Waals surface area contributed by atoms with Gasteiger partial charge in [0.1, 0.15) is 18.1 Å². The standard InChI is InChI=1S/C12H13ClO4.C3H5ClO/c1-8(14)7-17-11-3-2-9(13)6-10(11)12-15-4-5-16-12;1-3(5)2-4/h2-3,6,12H,4-5,7H2,1H3;2H2,1H3. The van der Waals surface area contributed by atoms with E-state index in [1.165, 1.54) is 13.8 Å². The quantitative estimate of drug-likeness (QED) is 0.764. The highest BCUT2D eigenvalue weighted by atomic mass is 35.5. The molecular formula is C15H18Cl2O5. The van der Waals surface area contributed by atoms with E-state index in [0.29, 0.717) is 24.0 Å². The summed E-state index contributed by atoms with van der Waals surface area (Å²) >= 11 is 10.9. The number of hydrogen-bond donors (Lipinski definition) is 0. The van der Waals surface area contributed by atoms with Crippen LogP contribution in [0, 0.1) is 0 Å². The lowest BCUT2D eigenvalue weighted by Gasteiger charge is -2.15. The van der Waals surface area contributed by atoms with Crippen molar-refractivity contribution in [1.29, 1.82) is 0 Å². The van der Waals surface area contributed by atoms with E-state index in [0.717, 1.165) is 5.56 Å². The number of carbonyl (C=O) groups excluding carboxylic acids is 2. The zero-order valence-electron chi connectivity index (χ0n) is 12.4. The molecule has 122 valence electrons. The number of halogens is 2. The van der Waals surface area contributed by atoms with Crippen LogP contribution in [0.1, 0.15) is 25.7 Å². The first-order valence-corrected chi connectivity index (χ1v) is 7.55. The van der Waals surface area contributed by atoms with E-state index in [2.05, 4.69) is 0 Å². The Morgan fingerprint density at radius 2 is 1.82 bits per heavy atom. The van der Waals surface area contributed by atoms with Crippen LogP contribution in [0.3, 0.4) is 0 Å². The lowest BCUT2D eigenvalue weighted by molar-refractivity contribution is -0.119. The molecule has 0 aliphatic carbocycles. The summed E-state index contributed by atoms with van der Waals surface area (Å²) in [6.45, 7) is 4.04. The van der Waals surface area contributed by atoms with Gasteiger partial charge >= 0.3 is 0 Å². The third-order valence-corrected chi connectivity index (χ3v) is 3.08. The minimum Gasteiger partial charge on any atom is -0.485 e. The van der Waals surface area contributed by atoms with Crippen LogP contribution in [0.4, 0.5) is 0 Å². The van der Waals surface area contributed by atoms with Gasteiger partial charge in [-0.1, -0.05) is 11.6 Å². The van der Waals surface area contributed by atoms with E-state index in [1.54, 1.807) is 18.2 Å². The molecule has 0 radical (unpaired) electrons. The Morgan fingerprint density at radius 1 is 1.23 bits per heavy atom. The Bertz CT molecular complexity index is 513. The second-order valence-electron chi connectivity index (χ2n) is 4.58. The Hall–Kier alpha value is -1.14.